The van der Waals surface area contributed by atoms with Crippen LogP contribution in [0, 0.1) is 6.92 Å². The molecule has 0 atom stereocenters. The topological polar surface area (TPSA) is 68.8 Å². The number of methoxy groups -OCH3 is 3. The average Bonchev–Trinajstić information content (AvgIpc) is 2.56. The molecule has 7 heteroatoms. The average molecular weight is 395 g/mol. The Balaban J connectivity index is 2.19. The lowest BCUT2D eigenvalue weighted by Gasteiger charge is -2.15. The molecular formula is C17H19BrN2O4. The lowest BCUT2D eigenvalue weighted by Crippen LogP contribution is -2.19. The molecule has 0 aliphatic rings. The Kier molecular flexibility index (Phi) is 5.92. The van der Waals surface area contributed by atoms with Gasteiger partial charge in [-0.2, -0.15) is 0 Å². The molecule has 0 fully saturated rings. The first-order chi connectivity index (χ1) is 11.5. The van der Waals surface area contributed by atoms with E-state index in [0.717, 1.165) is 10.0 Å². The molecule has 0 unspecified atom stereocenters. The summed E-state index contributed by atoms with van der Waals surface area (Å²) in [7, 11) is 4.56. The van der Waals surface area contributed by atoms with Crippen molar-refractivity contribution < 1.29 is 19.0 Å². The minimum atomic E-state index is -0.381. The number of nitrogens with one attached hydrogen (secondary N) is 2. The summed E-state index contributed by atoms with van der Waals surface area (Å²) in [6.07, 6.45) is 0. The summed E-state index contributed by atoms with van der Waals surface area (Å²) in [5, 5.41) is 5.53. The minimum absolute atomic E-state index is 0.381. The number of halogens is 1. The third-order valence-electron chi connectivity index (χ3n) is 3.30. The number of carbonyl (C=O) groups excluding carboxylic acids is 1. The first-order valence-corrected chi connectivity index (χ1v) is 7.92. The van der Waals surface area contributed by atoms with Gasteiger partial charge in [0.2, 0.25) is 5.75 Å². The fourth-order valence-corrected chi connectivity index (χ4v) is 2.75. The van der Waals surface area contributed by atoms with Crippen LogP contribution in [0.2, 0.25) is 0 Å². The first-order valence-electron chi connectivity index (χ1n) is 7.12. The number of benzene rings is 2. The highest BCUT2D eigenvalue weighted by molar-refractivity contribution is 9.10. The summed E-state index contributed by atoms with van der Waals surface area (Å²) >= 11 is 3.43. The van der Waals surface area contributed by atoms with Gasteiger partial charge in [0.25, 0.3) is 0 Å². The second kappa shape index (κ2) is 7.92. The third kappa shape index (κ3) is 4.11. The van der Waals surface area contributed by atoms with E-state index < -0.39 is 0 Å². The molecule has 2 aromatic carbocycles. The van der Waals surface area contributed by atoms with Crippen LogP contribution in [0.3, 0.4) is 0 Å². The van der Waals surface area contributed by atoms with Gasteiger partial charge in [0.05, 0.1) is 32.7 Å². The molecule has 2 amide bonds. The summed E-state index contributed by atoms with van der Waals surface area (Å²) in [6.45, 7) is 1.98. The molecule has 0 saturated carbocycles. The van der Waals surface area contributed by atoms with Crippen LogP contribution in [-0.4, -0.2) is 27.4 Å². The molecule has 24 heavy (non-hydrogen) atoms. The number of amides is 2. The minimum Gasteiger partial charge on any atom is -0.493 e. The van der Waals surface area contributed by atoms with Crippen LogP contribution in [0.4, 0.5) is 16.2 Å². The number of hydrogen-bond donors (Lipinski definition) is 2. The normalized spacial score (nSPS) is 10.0. The van der Waals surface area contributed by atoms with Gasteiger partial charge in [0.1, 0.15) is 0 Å². The van der Waals surface area contributed by atoms with Crippen molar-refractivity contribution in [2.24, 2.45) is 0 Å². The van der Waals surface area contributed by atoms with E-state index in [9.17, 15) is 4.79 Å². The smallest absolute Gasteiger partial charge is 0.323 e. The van der Waals surface area contributed by atoms with Gasteiger partial charge >= 0.3 is 6.03 Å². The maximum Gasteiger partial charge on any atom is 0.323 e. The molecule has 2 rings (SSSR count). The van der Waals surface area contributed by atoms with E-state index in [1.54, 1.807) is 12.1 Å². The number of carbonyl (C=O) groups is 1. The van der Waals surface area contributed by atoms with Crippen molar-refractivity contribution in [3.63, 3.8) is 0 Å². The lowest BCUT2D eigenvalue weighted by molar-refractivity contribution is 0.262. The van der Waals surface area contributed by atoms with Crippen LogP contribution in [0.25, 0.3) is 0 Å². The van der Waals surface area contributed by atoms with Crippen LogP contribution in [0.15, 0.2) is 34.8 Å². The molecule has 0 radical (unpaired) electrons. The Morgan fingerprint density at radius 2 is 1.58 bits per heavy atom. The van der Waals surface area contributed by atoms with Gasteiger partial charge in [-0.1, -0.05) is 6.07 Å². The first kappa shape index (κ1) is 17.9. The molecule has 0 aliphatic carbocycles. The number of anilines is 2. The molecule has 2 N–H and O–H groups in total. The van der Waals surface area contributed by atoms with Gasteiger partial charge in [-0.05, 0) is 40.5 Å². The summed E-state index contributed by atoms with van der Waals surface area (Å²) in [6, 6.07) is 8.60. The van der Waals surface area contributed by atoms with Crippen LogP contribution in [-0.2, 0) is 0 Å². The van der Waals surface area contributed by atoms with E-state index in [0.29, 0.717) is 28.6 Å². The fraction of sp³-hybridized carbons (Fsp3) is 0.235. The highest BCUT2D eigenvalue weighted by Crippen LogP contribution is 2.40. The van der Waals surface area contributed by atoms with Gasteiger partial charge in [0, 0.05) is 16.6 Å². The summed E-state index contributed by atoms with van der Waals surface area (Å²) < 4.78 is 16.6. The van der Waals surface area contributed by atoms with E-state index in [1.807, 2.05) is 25.1 Å². The van der Waals surface area contributed by atoms with Gasteiger partial charge in [-0.3, -0.25) is 0 Å². The van der Waals surface area contributed by atoms with E-state index in [2.05, 4.69) is 26.6 Å². The van der Waals surface area contributed by atoms with Crippen molar-refractivity contribution in [2.45, 2.75) is 6.92 Å². The number of hydrogen-bond acceptors (Lipinski definition) is 4. The van der Waals surface area contributed by atoms with Gasteiger partial charge in [0.15, 0.2) is 11.5 Å². The number of aryl methyl sites for hydroxylation is 1. The highest BCUT2D eigenvalue weighted by atomic mass is 79.9. The Hall–Kier alpha value is -2.41. The molecular weight excluding hydrogens is 376 g/mol. The van der Waals surface area contributed by atoms with E-state index >= 15 is 0 Å². The molecule has 0 aromatic heterocycles. The monoisotopic (exact) mass is 394 g/mol. The number of ether oxygens (including phenoxy) is 3. The predicted molar refractivity (Wildman–Crippen MR) is 97.6 cm³/mol. The lowest BCUT2D eigenvalue weighted by atomic mass is 10.2. The molecule has 0 aliphatic heterocycles. The Bertz CT molecular complexity index is 724. The zero-order valence-electron chi connectivity index (χ0n) is 13.9. The van der Waals surface area contributed by atoms with Crippen LogP contribution in [0.5, 0.6) is 17.2 Å². The zero-order chi connectivity index (χ0) is 17.7. The molecule has 2 aromatic rings. The highest BCUT2D eigenvalue weighted by Gasteiger charge is 2.14. The zero-order valence-corrected chi connectivity index (χ0v) is 15.5. The second-order valence-electron chi connectivity index (χ2n) is 4.98. The molecule has 0 saturated heterocycles. The van der Waals surface area contributed by atoms with Crippen molar-refractivity contribution in [1.29, 1.82) is 0 Å². The summed E-state index contributed by atoms with van der Waals surface area (Å²) in [4.78, 5) is 12.2. The van der Waals surface area contributed by atoms with Crippen LogP contribution >= 0.6 is 15.9 Å². The van der Waals surface area contributed by atoms with Crippen molar-refractivity contribution in [1.82, 2.24) is 0 Å². The third-order valence-corrected chi connectivity index (χ3v) is 3.95. The predicted octanol–water partition coefficient (Wildman–Crippen LogP) is 4.43. The quantitative estimate of drug-likeness (QED) is 0.786. The summed E-state index contributed by atoms with van der Waals surface area (Å²) in [5.41, 5.74) is 2.29. The van der Waals surface area contributed by atoms with Crippen molar-refractivity contribution in [2.75, 3.05) is 32.0 Å². The van der Waals surface area contributed by atoms with Crippen LogP contribution in [0.1, 0.15) is 5.56 Å². The largest absolute Gasteiger partial charge is 0.493 e. The van der Waals surface area contributed by atoms with E-state index in [1.165, 1.54) is 21.3 Å². The van der Waals surface area contributed by atoms with E-state index in [-0.39, 0.29) is 6.03 Å². The maximum absolute atomic E-state index is 12.2. The molecule has 0 heterocycles. The standard InChI is InChI=1S/C17H19BrN2O4/c1-10-5-6-13(12(18)7-10)20-17(21)19-11-8-14(22-2)16(24-4)15(9-11)23-3/h5-9H,1-4H3,(H2,19,20,21). The Morgan fingerprint density at radius 1 is 0.958 bits per heavy atom. The van der Waals surface area contributed by atoms with Crippen LogP contribution < -0.4 is 24.8 Å². The van der Waals surface area contributed by atoms with Crippen molar-refractivity contribution >= 4 is 33.3 Å². The molecule has 0 bridgehead atoms. The summed E-state index contributed by atoms with van der Waals surface area (Å²) in [5.74, 6) is 1.39. The van der Waals surface area contributed by atoms with Crippen molar-refractivity contribution in [3.05, 3.63) is 40.4 Å². The van der Waals surface area contributed by atoms with Gasteiger partial charge < -0.3 is 24.8 Å². The Labute approximate surface area is 149 Å². The van der Waals surface area contributed by atoms with Gasteiger partial charge in [-0.25, -0.2) is 4.79 Å². The molecule has 6 nitrogen and oxygen atoms in total. The number of rotatable bonds is 5. The second-order valence-corrected chi connectivity index (χ2v) is 5.83. The SMILES string of the molecule is COc1cc(NC(=O)Nc2ccc(C)cc2Br)cc(OC)c1OC. The number of urea groups is 1. The fourth-order valence-electron chi connectivity index (χ4n) is 2.16. The maximum atomic E-state index is 12.2. The Morgan fingerprint density at radius 3 is 2.08 bits per heavy atom. The molecule has 0 spiro atoms. The van der Waals surface area contributed by atoms with E-state index in [4.69, 9.17) is 14.2 Å². The van der Waals surface area contributed by atoms with Crippen molar-refractivity contribution in [3.8, 4) is 17.2 Å². The van der Waals surface area contributed by atoms with Gasteiger partial charge in [-0.15, -0.1) is 0 Å². The molecule has 128 valence electrons.